The van der Waals surface area contributed by atoms with Gasteiger partial charge in [-0.3, -0.25) is 0 Å². The van der Waals surface area contributed by atoms with Crippen LogP contribution in [-0.2, 0) is 0 Å². The third-order valence-electron chi connectivity index (χ3n) is 2.37. The Kier molecular flexibility index (Phi) is 1.33. The molecule has 1 saturated heterocycles. The van der Waals surface area contributed by atoms with Gasteiger partial charge in [-0.05, 0) is 17.5 Å². The van der Waals surface area contributed by atoms with Crippen molar-refractivity contribution < 1.29 is 4.42 Å². The zero-order chi connectivity index (χ0) is 7.90. The third-order valence-corrected chi connectivity index (χ3v) is 2.37. The van der Waals surface area contributed by atoms with Gasteiger partial charge in [0.25, 0.3) is 0 Å². The first kappa shape index (κ1) is 6.92. The second kappa shape index (κ2) is 2.11. The summed E-state index contributed by atoms with van der Waals surface area (Å²) in [4.78, 5) is 0. The molecule has 1 fully saturated rings. The highest BCUT2D eigenvalue weighted by Gasteiger charge is 2.40. The fourth-order valence-electron chi connectivity index (χ4n) is 1.55. The molecule has 1 unspecified atom stereocenters. The van der Waals surface area contributed by atoms with Crippen LogP contribution in [0.3, 0.4) is 0 Å². The van der Waals surface area contributed by atoms with Crippen LogP contribution in [0.5, 0.6) is 0 Å². The molecule has 2 rings (SSSR count). The van der Waals surface area contributed by atoms with E-state index in [0.29, 0.717) is 11.5 Å². The molecule has 0 radical (unpaired) electrons. The topological polar surface area (TPSA) is 25.2 Å². The molecule has 1 aliphatic rings. The maximum absolute atomic E-state index is 5.31. The molecule has 60 valence electrons. The average Bonchev–Trinajstić information content (AvgIpc) is 2.38. The van der Waals surface area contributed by atoms with Gasteiger partial charge in [-0.15, -0.1) is 0 Å². The van der Waals surface area contributed by atoms with Crippen LogP contribution in [0.2, 0.25) is 0 Å². The first-order chi connectivity index (χ1) is 5.20. The minimum atomic E-state index is 0.359. The molecule has 0 bridgehead atoms. The summed E-state index contributed by atoms with van der Waals surface area (Å²) in [5, 5.41) is 3.34. The lowest BCUT2D eigenvalue weighted by molar-refractivity contribution is 0.108. The third kappa shape index (κ3) is 0.979. The van der Waals surface area contributed by atoms with E-state index in [9.17, 15) is 0 Å². The quantitative estimate of drug-likeness (QED) is 0.663. The lowest BCUT2D eigenvalue weighted by Crippen LogP contribution is -2.52. The largest absolute Gasteiger partial charge is 0.468 e. The van der Waals surface area contributed by atoms with Crippen LogP contribution in [0.25, 0.3) is 0 Å². The first-order valence-corrected chi connectivity index (χ1v) is 3.97. The SMILES string of the molecule is CC1(C)CNC1c1ccco1. The van der Waals surface area contributed by atoms with Crippen LogP contribution in [0.15, 0.2) is 22.8 Å². The maximum atomic E-state index is 5.31. The van der Waals surface area contributed by atoms with E-state index >= 15 is 0 Å². The van der Waals surface area contributed by atoms with Crippen molar-refractivity contribution in [2.45, 2.75) is 19.9 Å². The fraction of sp³-hybridized carbons (Fsp3) is 0.556. The van der Waals surface area contributed by atoms with Crippen LogP contribution in [0.1, 0.15) is 25.6 Å². The van der Waals surface area contributed by atoms with Crippen LogP contribution in [-0.4, -0.2) is 6.54 Å². The zero-order valence-corrected chi connectivity index (χ0v) is 6.92. The van der Waals surface area contributed by atoms with Crippen LogP contribution < -0.4 is 5.32 Å². The molecule has 11 heavy (non-hydrogen) atoms. The number of rotatable bonds is 1. The molecule has 0 spiro atoms. The van der Waals surface area contributed by atoms with Gasteiger partial charge in [0.15, 0.2) is 0 Å². The predicted molar refractivity (Wildman–Crippen MR) is 43.2 cm³/mol. The number of nitrogens with one attached hydrogen (secondary N) is 1. The van der Waals surface area contributed by atoms with E-state index < -0.39 is 0 Å². The van der Waals surface area contributed by atoms with Crippen molar-refractivity contribution in [2.24, 2.45) is 5.41 Å². The Bertz CT molecular complexity index is 238. The summed E-state index contributed by atoms with van der Waals surface area (Å²) >= 11 is 0. The Labute approximate surface area is 66.6 Å². The average molecular weight is 151 g/mol. The summed E-state index contributed by atoms with van der Waals surface area (Å²) < 4.78 is 5.31. The van der Waals surface area contributed by atoms with Crippen molar-refractivity contribution in [1.29, 1.82) is 0 Å². The molecule has 2 nitrogen and oxygen atoms in total. The Hall–Kier alpha value is -0.760. The Balaban J connectivity index is 2.20. The standard InChI is InChI=1S/C9H13NO/c1-9(2)6-10-8(9)7-4-3-5-11-7/h3-5,8,10H,6H2,1-2H3. The summed E-state index contributed by atoms with van der Waals surface area (Å²) in [6.45, 7) is 5.58. The number of hydrogen-bond donors (Lipinski definition) is 1. The van der Waals surface area contributed by atoms with Gasteiger partial charge in [0.2, 0.25) is 0 Å². The van der Waals surface area contributed by atoms with Crippen molar-refractivity contribution in [3.05, 3.63) is 24.2 Å². The normalized spacial score (nSPS) is 28.0. The molecule has 0 aromatic carbocycles. The molecule has 0 aliphatic carbocycles. The van der Waals surface area contributed by atoms with Crippen LogP contribution >= 0.6 is 0 Å². The smallest absolute Gasteiger partial charge is 0.121 e. The molecule has 1 N–H and O–H groups in total. The van der Waals surface area contributed by atoms with Crippen LogP contribution in [0.4, 0.5) is 0 Å². The molecule has 0 saturated carbocycles. The number of hydrogen-bond acceptors (Lipinski definition) is 2. The van der Waals surface area contributed by atoms with Crippen molar-refractivity contribution in [1.82, 2.24) is 5.32 Å². The second-order valence-corrected chi connectivity index (χ2v) is 3.82. The van der Waals surface area contributed by atoms with E-state index in [4.69, 9.17) is 4.42 Å². The van der Waals surface area contributed by atoms with Gasteiger partial charge in [-0.25, -0.2) is 0 Å². The van der Waals surface area contributed by atoms with Crippen molar-refractivity contribution >= 4 is 0 Å². The summed E-state index contributed by atoms with van der Waals surface area (Å²) in [5.41, 5.74) is 0.359. The molecule has 0 amide bonds. The van der Waals surface area contributed by atoms with E-state index in [0.717, 1.165) is 12.3 Å². The van der Waals surface area contributed by atoms with E-state index in [1.54, 1.807) is 6.26 Å². The minimum absolute atomic E-state index is 0.359. The van der Waals surface area contributed by atoms with Gasteiger partial charge < -0.3 is 9.73 Å². The highest BCUT2D eigenvalue weighted by molar-refractivity contribution is 5.13. The van der Waals surface area contributed by atoms with Crippen LogP contribution in [0, 0.1) is 5.41 Å². The lowest BCUT2D eigenvalue weighted by Gasteiger charge is -2.44. The van der Waals surface area contributed by atoms with Crippen molar-refractivity contribution in [3.8, 4) is 0 Å². The molecule has 1 aromatic heterocycles. The fourth-order valence-corrected chi connectivity index (χ4v) is 1.55. The van der Waals surface area contributed by atoms with E-state index in [2.05, 4.69) is 19.2 Å². The van der Waals surface area contributed by atoms with Gasteiger partial charge in [0.1, 0.15) is 5.76 Å². The maximum Gasteiger partial charge on any atom is 0.121 e. The van der Waals surface area contributed by atoms with Crippen molar-refractivity contribution in [2.75, 3.05) is 6.54 Å². The first-order valence-electron chi connectivity index (χ1n) is 3.97. The number of furan rings is 1. The molecule has 2 heterocycles. The lowest BCUT2D eigenvalue weighted by atomic mass is 9.76. The van der Waals surface area contributed by atoms with Gasteiger partial charge in [-0.1, -0.05) is 13.8 Å². The molecule has 1 atom stereocenters. The summed E-state index contributed by atoms with van der Waals surface area (Å²) in [7, 11) is 0. The highest BCUT2D eigenvalue weighted by atomic mass is 16.3. The highest BCUT2D eigenvalue weighted by Crippen LogP contribution is 2.39. The van der Waals surface area contributed by atoms with E-state index in [-0.39, 0.29) is 0 Å². The minimum Gasteiger partial charge on any atom is -0.468 e. The molecular weight excluding hydrogens is 138 g/mol. The molecule has 1 aliphatic heterocycles. The van der Waals surface area contributed by atoms with E-state index in [1.807, 2.05) is 12.1 Å². The second-order valence-electron chi connectivity index (χ2n) is 3.82. The predicted octanol–water partition coefficient (Wildman–Crippen LogP) is 1.95. The Morgan fingerprint density at radius 1 is 1.64 bits per heavy atom. The van der Waals surface area contributed by atoms with Gasteiger partial charge >= 0.3 is 0 Å². The molecular formula is C9H13NO. The van der Waals surface area contributed by atoms with Gasteiger partial charge in [0, 0.05) is 6.54 Å². The zero-order valence-electron chi connectivity index (χ0n) is 6.92. The molecule has 2 heteroatoms. The Morgan fingerprint density at radius 3 is 2.82 bits per heavy atom. The monoisotopic (exact) mass is 151 g/mol. The summed E-state index contributed by atoms with van der Waals surface area (Å²) in [6.07, 6.45) is 1.73. The van der Waals surface area contributed by atoms with E-state index in [1.165, 1.54) is 0 Å². The van der Waals surface area contributed by atoms with Gasteiger partial charge in [0.05, 0.1) is 12.3 Å². The molecule has 1 aromatic rings. The van der Waals surface area contributed by atoms with Crippen molar-refractivity contribution in [3.63, 3.8) is 0 Å². The summed E-state index contributed by atoms with van der Waals surface area (Å²) in [5.74, 6) is 1.06. The Morgan fingerprint density at radius 2 is 2.45 bits per heavy atom. The van der Waals surface area contributed by atoms with Gasteiger partial charge in [-0.2, -0.15) is 0 Å². The summed E-state index contributed by atoms with van der Waals surface area (Å²) in [6, 6.07) is 4.38.